The summed E-state index contributed by atoms with van der Waals surface area (Å²) in [6.07, 6.45) is -2.25. The van der Waals surface area contributed by atoms with Gasteiger partial charge in [0.25, 0.3) is 5.91 Å². The summed E-state index contributed by atoms with van der Waals surface area (Å²) in [5, 5.41) is 3.71. The summed E-state index contributed by atoms with van der Waals surface area (Å²) in [5.74, 6) is -0.584. The van der Waals surface area contributed by atoms with Gasteiger partial charge in [-0.1, -0.05) is 6.07 Å². The molecule has 202 valence electrons. The zero-order valence-electron chi connectivity index (χ0n) is 21.1. The van der Waals surface area contributed by atoms with Crippen molar-refractivity contribution in [1.82, 2.24) is 30.1 Å². The Morgan fingerprint density at radius 2 is 1.74 bits per heavy atom. The molecular weight excluding hydrogens is 499 g/mol. The first kappa shape index (κ1) is 26.3. The summed E-state index contributed by atoms with van der Waals surface area (Å²) in [7, 11) is 2.10. The van der Waals surface area contributed by atoms with Crippen LogP contribution < -0.4 is 10.2 Å². The molecule has 2 saturated heterocycles. The summed E-state index contributed by atoms with van der Waals surface area (Å²) in [6.45, 7) is 6.05. The van der Waals surface area contributed by atoms with Crippen molar-refractivity contribution in [2.24, 2.45) is 0 Å². The molecule has 0 aliphatic carbocycles. The summed E-state index contributed by atoms with van der Waals surface area (Å²) >= 11 is 0. The maximum atomic E-state index is 13.3. The number of benzene rings is 1. The predicted octanol–water partition coefficient (Wildman–Crippen LogP) is 2.60. The molecule has 5 rings (SSSR count). The molecule has 9 nitrogen and oxygen atoms in total. The molecule has 4 heterocycles. The van der Waals surface area contributed by atoms with Gasteiger partial charge < -0.3 is 19.9 Å². The highest BCUT2D eigenvalue weighted by atomic mass is 19.4. The molecule has 1 N–H and O–H groups in total. The first-order chi connectivity index (χ1) is 18.3. The van der Waals surface area contributed by atoms with Crippen molar-refractivity contribution in [1.29, 1.82) is 0 Å². The van der Waals surface area contributed by atoms with Crippen molar-refractivity contribution in [2.75, 3.05) is 71.0 Å². The van der Waals surface area contributed by atoms with Gasteiger partial charge in [0.1, 0.15) is 5.82 Å². The number of carbonyl (C=O) groups is 1. The number of nitrogens with zero attached hydrogens (tertiary/aromatic N) is 6. The fourth-order valence-electron chi connectivity index (χ4n) is 4.84. The number of morpholine rings is 1. The van der Waals surface area contributed by atoms with Crippen LogP contribution in [0.5, 0.6) is 0 Å². The molecule has 0 radical (unpaired) electrons. The number of nitrogens with one attached hydrogen (secondary N) is 1. The Balaban J connectivity index is 1.34. The van der Waals surface area contributed by atoms with Gasteiger partial charge in [0.2, 0.25) is 5.82 Å². The van der Waals surface area contributed by atoms with Crippen LogP contribution in [0.3, 0.4) is 0 Å². The lowest BCUT2D eigenvalue weighted by molar-refractivity contribution is -0.145. The second-order valence-electron chi connectivity index (χ2n) is 9.54. The van der Waals surface area contributed by atoms with E-state index >= 15 is 0 Å². The molecule has 38 heavy (non-hydrogen) atoms. The fraction of sp³-hybridized carbons (Fsp3) is 0.462. The van der Waals surface area contributed by atoms with E-state index in [0.717, 1.165) is 42.9 Å². The van der Waals surface area contributed by atoms with Crippen LogP contribution in [0, 0.1) is 0 Å². The van der Waals surface area contributed by atoms with Gasteiger partial charge in [0.05, 0.1) is 24.8 Å². The smallest absolute Gasteiger partial charge is 0.379 e. The quantitative estimate of drug-likeness (QED) is 0.522. The Morgan fingerprint density at radius 1 is 1.03 bits per heavy atom. The van der Waals surface area contributed by atoms with E-state index in [1.54, 1.807) is 12.1 Å². The molecule has 2 fully saturated rings. The monoisotopic (exact) mass is 529 g/mol. The summed E-state index contributed by atoms with van der Waals surface area (Å²) in [4.78, 5) is 31.7. The lowest BCUT2D eigenvalue weighted by Crippen LogP contribution is -2.44. The third-order valence-corrected chi connectivity index (χ3v) is 7.04. The molecule has 0 saturated carbocycles. The zero-order chi connectivity index (χ0) is 26.7. The lowest BCUT2D eigenvalue weighted by Gasteiger charge is -2.34. The summed E-state index contributed by atoms with van der Waals surface area (Å²) in [5.41, 5.74) is 1.72. The van der Waals surface area contributed by atoms with E-state index in [9.17, 15) is 18.0 Å². The molecule has 3 aromatic rings. The first-order valence-corrected chi connectivity index (χ1v) is 12.6. The van der Waals surface area contributed by atoms with Gasteiger partial charge in [-0.2, -0.15) is 13.2 Å². The Labute approximate surface area is 218 Å². The van der Waals surface area contributed by atoms with Crippen molar-refractivity contribution in [3.63, 3.8) is 0 Å². The number of carbonyl (C=O) groups excluding carboxylic acids is 1. The van der Waals surface area contributed by atoms with Gasteiger partial charge in [0.15, 0.2) is 0 Å². The van der Waals surface area contributed by atoms with Crippen LogP contribution in [0.25, 0.3) is 10.9 Å². The number of piperazine rings is 1. The number of alkyl halides is 3. The largest absolute Gasteiger partial charge is 0.451 e. The number of anilines is 1. The zero-order valence-corrected chi connectivity index (χ0v) is 21.1. The van der Waals surface area contributed by atoms with Gasteiger partial charge in [-0.05, 0) is 31.3 Å². The van der Waals surface area contributed by atoms with Gasteiger partial charge in [-0.3, -0.25) is 9.69 Å². The van der Waals surface area contributed by atoms with Crippen LogP contribution in [-0.2, 0) is 10.9 Å². The maximum Gasteiger partial charge on any atom is 0.451 e. The van der Waals surface area contributed by atoms with Crippen LogP contribution in [0.2, 0.25) is 0 Å². The molecule has 2 aliphatic rings. The molecule has 0 bridgehead atoms. The van der Waals surface area contributed by atoms with E-state index in [2.05, 4.69) is 37.0 Å². The van der Waals surface area contributed by atoms with Crippen LogP contribution in [-0.4, -0.2) is 96.7 Å². The number of aromatic nitrogens is 3. The van der Waals surface area contributed by atoms with Crippen LogP contribution in [0.4, 0.5) is 19.0 Å². The van der Waals surface area contributed by atoms with E-state index in [-0.39, 0.29) is 12.5 Å². The number of pyridine rings is 1. The van der Waals surface area contributed by atoms with Crippen molar-refractivity contribution >= 4 is 22.6 Å². The average Bonchev–Trinajstić information content (AvgIpc) is 2.93. The number of ether oxygens (including phenoxy) is 1. The standard InChI is InChI=1S/C26H30F3N7O2/c1-34-7-9-36(10-8-34)23-6-5-19-20(3-2-4-21(19)33-23)24(37)30-17-22(35-11-13-38-14-12-35)18-15-31-25(32-16-18)26(27,28)29/h2-6,15-16,22H,7-14,17H2,1H3,(H,30,37). The highest BCUT2D eigenvalue weighted by Gasteiger charge is 2.35. The first-order valence-electron chi connectivity index (χ1n) is 12.6. The summed E-state index contributed by atoms with van der Waals surface area (Å²) in [6, 6.07) is 8.92. The van der Waals surface area contributed by atoms with E-state index in [4.69, 9.17) is 9.72 Å². The molecule has 12 heteroatoms. The topological polar surface area (TPSA) is 86.7 Å². The van der Waals surface area contributed by atoms with Crippen molar-refractivity contribution in [3.05, 3.63) is 59.7 Å². The van der Waals surface area contributed by atoms with Gasteiger partial charge >= 0.3 is 6.18 Å². The average molecular weight is 530 g/mol. The molecule has 2 aromatic heterocycles. The maximum absolute atomic E-state index is 13.3. The van der Waals surface area contributed by atoms with Gasteiger partial charge in [-0.25, -0.2) is 15.0 Å². The molecule has 0 spiro atoms. The number of likely N-dealkylation sites (N-methyl/N-ethyl adjacent to an activating group) is 1. The Hall–Kier alpha value is -3.35. The highest BCUT2D eigenvalue weighted by Crippen LogP contribution is 2.28. The minimum Gasteiger partial charge on any atom is -0.379 e. The second kappa shape index (κ2) is 11.2. The number of halogens is 3. The number of rotatable bonds is 6. The predicted molar refractivity (Wildman–Crippen MR) is 136 cm³/mol. The molecule has 1 unspecified atom stereocenters. The van der Waals surface area contributed by atoms with E-state index in [1.165, 1.54) is 12.4 Å². The van der Waals surface area contributed by atoms with Crippen molar-refractivity contribution in [2.45, 2.75) is 12.2 Å². The number of hydrogen-bond acceptors (Lipinski definition) is 8. The second-order valence-corrected chi connectivity index (χ2v) is 9.54. The van der Waals surface area contributed by atoms with E-state index in [1.807, 2.05) is 18.2 Å². The molecule has 2 aliphatic heterocycles. The summed E-state index contributed by atoms with van der Waals surface area (Å²) < 4.78 is 44.3. The third-order valence-electron chi connectivity index (χ3n) is 7.04. The minimum atomic E-state index is -4.62. The van der Waals surface area contributed by atoms with Crippen molar-refractivity contribution < 1.29 is 22.7 Å². The number of fused-ring (bicyclic) bond motifs is 1. The van der Waals surface area contributed by atoms with Crippen LogP contribution in [0.15, 0.2) is 42.7 Å². The van der Waals surface area contributed by atoms with Gasteiger partial charge in [-0.15, -0.1) is 0 Å². The van der Waals surface area contributed by atoms with Crippen LogP contribution in [0.1, 0.15) is 27.8 Å². The number of hydrogen-bond donors (Lipinski definition) is 1. The molecule has 1 atom stereocenters. The Morgan fingerprint density at radius 3 is 2.42 bits per heavy atom. The fourth-order valence-corrected chi connectivity index (χ4v) is 4.84. The molecule has 1 aromatic carbocycles. The van der Waals surface area contributed by atoms with E-state index < -0.39 is 18.0 Å². The normalized spacial score (nSPS) is 18.5. The molecule has 1 amide bonds. The van der Waals surface area contributed by atoms with E-state index in [0.29, 0.717) is 37.4 Å². The Kier molecular flexibility index (Phi) is 7.73. The van der Waals surface area contributed by atoms with Gasteiger partial charge in [0, 0.05) is 74.7 Å². The third kappa shape index (κ3) is 5.87. The lowest BCUT2D eigenvalue weighted by atomic mass is 10.1. The van der Waals surface area contributed by atoms with Crippen LogP contribution >= 0.6 is 0 Å². The van der Waals surface area contributed by atoms with Crippen molar-refractivity contribution in [3.8, 4) is 0 Å². The number of amides is 1. The minimum absolute atomic E-state index is 0.177. The SMILES string of the molecule is CN1CCN(c2ccc3c(C(=O)NCC(c4cnc(C(F)(F)F)nc4)N4CCOCC4)cccc3n2)CC1. The molecular formula is C26H30F3N7O2. The Bertz CT molecular complexity index is 1260. The highest BCUT2D eigenvalue weighted by molar-refractivity contribution is 6.06.